The van der Waals surface area contributed by atoms with Gasteiger partial charge in [0.1, 0.15) is 5.15 Å². The van der Waals surface area contributed by atoms with Crippen molar-refractivity contribution in [2.45, 2.75) is 53.0 Å². The zero-order chi connectivity index (χ0) is 12.8. The van der Waals surface area contributed by atoms with Gasteiger partial charge >= 0.3 is 0 Å². The summed E-state index contributed by atoms with van der Waals surface area (Å²) in [7, 11) is 0. The molecule has 0 spiro atoms. The Balaban J connectivity index is 2.67. The lowest BCUT2D eigenvalue weighted by atomic mass is 9.97. The van der Waals surface area contributed by atoms with E-state index in [-0.39, 0.29) is 0 Å². The number of pyridine rings is 1. The molecule has 17 heavy (non-hydrogen) atoms. The molecule has 1 aromatic rings. The fourth-order valence-corrected chi connectivity index (χ4v) is 2.07. The minimum Gasteiger partial charge on any atom is -0.381 e. The molecule has 0 saturated carbocycles. The summed E-state index contributed by atoms with van der Waals surface area (Å²) < 4.78 is 0. The van der Waals surface area contributed by atoms with Crippen molar-refractivity contribution in [2.75, 3.05) is 5.32 Å². The monoisotopic (exact) mass is 254 g/mol. The number of halogens is 1. The van der Waals surface area contributed by atoms with Crippen molar-refractivity contribution in [1.82, 2.24) is 4.98 Å². The Labute approximate surface area is 110 Å². The van der Waals surface area contributed by atoms with Crippen LogP contribution in [0.5, 0.6) is 0 Å². The van der Waals surface area contributed by atoms with E-state index in [9.17, 15) is 0 Å². The van der Waals surface area contributed by atoms with Gasteiger partial charge < -0.3 is 5.32 Å². The Kier molecular flexibility index (Phi) is 5.76. The lowest BCUT2D eigenvalue weighted by Crippen LogP contribution is -2.21. The molecule has 2 atom stereocenters. The van der Waals surface area contributed by atoms with Crippen molar-refractivity contribution < 1.29 is 0 Å². The Morgan fingerprint density at radius 1 is 1.29 bits per heavy atom. The number of anilines is 1. The molecule has 0 amide bonds. The van der Waals surface area contributed by atoms with Crippen LogP contribution in [0.3, 0.4) is 0 Å². The Morgan fingerprint density at radius 2 is 2.00 bits per heavy atom. The van der Waals surface area contributed by atoms with E-state index in [2.05, 4.69) is 31.1 Å². The van der Waals surface area contributed by atoms with Crippen molar-refractivity contribution in [2.24, 2.45) is 5.92 Å². The third-order valence-corrected chi connectivity index (χ3v) is 3.50. The van der Waals surface area contributed by atoms with Gasteiger partial charge in [0.25, 0.3) is 0 Å². The van der Waals surface area contributed by atoms with Gasteiger partial charge in [-0.15, -0.1) is 0 Å². The van der Waals surface area contributed by atoms with Gasteiger partial charge in [-0.05, 0) is 37.8 Å². The Morgan fingerprint density at radius 3 is 2.53 bits per heavy atom. The zero-order valence-corrected chi connectivity index (χ0v) is 12.0. The number of aromatic nitrogens is 1. The van der Waals surface area contributed by atoms with E-state index in [0.29, 0.717) is 11.2 Å². The van der Waals surface area contributed by atoms with E-state index in [1.165, 1.54) is 12.8 Å². The fraction of sp³-hybridized carbons (Fsp3) is 0.643. The van der Waals surface area contributed by atoms with Gasteiger partial charge in [-0.2, -0.15) is 0 Å². The van der Waals surface area contributed by atoms with Crippen molar-refractivity contribution in [1.29, 1.82) is 0 Å². The van der Waals surface area contributed by atoms with Crippen LogP contribution < -0.4 is 5.32 Å². The molecule has 1 aromatic heterocycles. The lowest BCUT2D eigenvalue weighted by Gasteiger charge is -2.22. The topological polar surface area (TPSA) is 24.9 Å². The molecule has 2 unspecified atom stereocenters. The molecular formula is C14H23ClN2. The first-order valence-electron chi connectivity index (χ1n) is 6.46. The molecular weight excluding hydrogens is 232 g/mol. The summed E-state index contributed by atoms with van der Waals surface area (Å²) in [6.45, 7) is 8.76. The summed E-state index contributed by atoms with van der Waals surface area (Å²) in [6.07, 6.45) is 3.57. The predicted octanol–water partition coefficient (Wildman–Crippen LogP) is 4.67. The minimum absolute atomic E-state index is 0.520. The van der Waals surface area contributed by atoms with Gasteiger partial charge in [0.2, 0.25) is 0 Å². The average Bonchev–Trinajstić information content (AvgIpc) is 2.31. The van der Waals surface area contributed by atoms with Crippen LogP contribution >= 0.6 is 11.6 Å². The molecule has 1 rings (SSSR count). The number of aryl methyl sites for hydroxylation is 1. The van der Waals surface area contributed by atoms with Gasteiger partial charge in [0, 0.05) is 6.04 Å². The second-order valence-corrected chi connectivity index (χ2v) is 5.15. The first-order chi connectivity index (χ1) is 8.06. The van der Waals surface area contributed by atoms with Crippen LogP contribution in [-0.4, -0.2) is 11.0 Å². The fourth-order valence-electron chi connectivity index (χ4n) is 1.88. The van der Waals surface area contributed by atoms with Crippen LogP contribution in [0.1, 0.15) is 45.7 Å². The van der Waals surface area contributed by atoms with Crippen molar-refractivity contribution in [3.63, 3.8) is 0 Å². The first kappa shape index (κ1) is 14.3. The Hall–Kier alpha value is -0.760. The van der Waals surface area contributed by atoms with Gasteiger partial charge in [-0.1, -0.05) is 38.8 Å². The molecule has 1 heterocycles. The smallest absolute Gasteiger partial charge is 0.129 e. The molecule has 2 nitrogen and oxygen atoms in total. The highest BCUT2D eigenvalue weighted by Crippen LogP contribution is 2.20. The quantitative estimate of drug-likeness (QED) is 0.747. The average molecular weight is 255 g/mol. The van der Waals surface area contributed by atoms with Crippen LogP contribution in [-0.2, 0) is 0 Å². The molecule has 0 aliphatic carbocycles. The summed E-state index contributed by atoms with van der Waals surface area (Å²) in [5, 5.41) is 4.13. The summed E-state index contributed by atoms with van der Waals surface area (Å²) in [4.78, 5) is 4.26. The predicted molar refractivity (Wildman–Crippen MR) is 75.8 cm³/mol. The maximum atomic E-state index is 5.86. The van der Waals surface area contributed by atoms with Gasteiger partial charge in [0.05, 0.1) is 11.4 Å². The number of nitrogens with zero attached hydrogens (tertiary/aromatic N) is 1. The molecule has 96 valence electrons. The van der Waals surface area contributed by atoms with E-state index >= 15 is 0 Å². The van der Waals surface area contributed by atoms with E-state index in [0.717, 1.165) is 23.7 Å². The molecule has 1 N–H and O–H groups in total. The van der Waals surface area contributed by atoms with Crippen LogP contribution in [0.4, 0.5) is 5.69 Å². The highest BCUT2D eigenvalue weighted by Gasteiger charge is 2.11. The largest absolute Gasteiger partial charge is 0.381 e. The molecule has 0 aliphatic rings. The van der Waals surface area contributed by atoms with Gasteiger partial charge in [-0.25, -0.2) is 4.98 Å². The normalized spacial score (nSPS) is 14.4. The van der Waals surface area contributed by atoms with Crippen molar-refractivity contribution >= 4 is 17.3 Å². The van der Waals surface area contributed by atoms with E-state index in [1.807, 2.05) is 19.1 Å². The molecule has 0 saturated heterocycles. The SMILES string of the molecule is CCC(C)CC(CC)Nc1ccc(Cl)nc1C. The van der Waals surface area contributed by atoms with Gasteiger partial charge in [-0.3, -0.25) is 0 Å². The molecule has 3 heteroatoms. The van der Waals surface area contributed by atoms with Crippen molar-refractivity contribution in [3.05, 3.63) is 23.0 Å². The number of rotatable bonds is 6. The molecule has 0 bridgehead atoms. The molecule has 0 aliphatic heterocycles. The number of hydrogen-bond donors (Lipinski definition) is 1. The Bertz CT molecular complexity index is 352. The third kappa shape index (κ3) is 4.55. The highest BCUT2D eigenvalue weighted by molar-refractivity contribution is 6.29. The standard InChI is InChI=1S/C14H23ClN2/c1-5-10(3)9-12(6-2)17-13-7-8-14(15)16-11(13)4/h7-8,10,12,17H,5-6,9H2,1-4H3. The van der Waals surface area contributed by atoms with E-state index < -0.39 is 0 Å². The van der Waals surface area contributed by atoms with E-state index in [1.54, 1.807) is 0 Å². The summed E-state index contributed by atoms with van der Waals surface area (Å²) in [6, 6.07) is 4.38. The lowest BCUT2D eigenvalue weighted by molar-refractivity contribution is 0.461. The molecule has 0 aromatic carbocycles. The summed E-state index contributed by atoms with van der Waals surface area (Å²) in [5.41, 5.74) is 2.07. The van der Waals surface area contributed by atoms with E-state index in [4.69, 9.17) is 11.6 Å². The van der Waals surface area contributed by atoms with Crippen LogP contribution in [0.2, 0.25) is 5.15 Å². The maximum absolute atomic E-state index is 5.86. The van der Waals surface area contributed by atoms with Crippen LogP contribution in [0.25, 0.3) is 0 Å². The minimum atomic E-state index is 0.520. The zero-order valence-electron chi connectivity index (χ0n) is 11.3. The molecule has 0 radical (unpaired) electrons. The van der Waals surface area contributed by atoms with Crippen LogP contribution in [0.15, 0.2) is 12.1 Å². The number of hydrogen-bond acceptors (Lipinski definition) is 2. The summed E-state index contributed by atoms with van der Waals surface area (Å²) in [5.74, 6) is 0.757. The second kappa shape index (κ2) is 6.85. The second-order valence-electron chi connectivity index (χ2n) is 4.77. The molecule has 0 fully saturated rings. The van der Waals surface area contributed by atoms with Gasteiger partial charge in [0.15, 0.2) is 0 Å². The maximum Gasteiger partial charge on any atom is 0.129 e. The third-order valence-electron chi connectivity index (χ3n) is 3.29. The highest BCUT2D eigenvalue weighted by atomic mass is 35.5. The van der Waals surface area contributed by atoms with Crippen LogP contribution in [0, 0.1) is 12.8 Å². The first-order valence-corrected chi connectivity index (χ1v) is 6.84. The van der Waals surface area contributed by atoms with Crippen molar-refractivity contribution in [3.8, 4) is 0 Å². The number of nitrogens with one attached hydrogen (secondary N) is 1. The summed E-state index contributed by atoms with van der Waals surface area (Å²) >= 11 is 5.86.